The van der Waals surface area contributed by atoms with E-state index in [0.29, 0.717) is 6.42 Å². The molecule has 3 heteroatoms. The van der Waals surface area contributed by atoms with E-state index in [1.165, 1.54) is 7.11 Å². The van der Waals surface area contributed by atoms with Crippen LogP contribution in [0.2, 0.25) is 0 Å². The van der Waals surface area contributed by atoms with Gasteiger partial charge in [-0.3, -0.25) is 4.79 Å². The van der Waals surface area contributed by atoms with E-state index in [2.05, 4.69) is 28.3 Å². The number of anilines is 1. The number of esters is 1. The summed E-state index contributed by atoms with van der Waals surface area (Å²) in [6.07, 6.45) is 5.41. The molecule has 1 heterocycles. The number of rotatable bonds is 2. The van der Waals surface area contributed by atoms with E-state index in [9.17, 15) is 4.79 Å². The molecule has 1 aliphatic rings. The SMILES string of the molecule is COC(=O)CC1CC=Cc2ccccc2N1. The molecule has 16 heavy (non-hydrogen) atoms. The maximum absolute atomic E-state index is 11.2. The van der Waals surface area contributed by atoms with E-state index in [1.807, 2.05) is 18.2 Å². The lowest BCUT2D eigenvalue weighted by Crippen LogP contribution is -2.22. The van der Waals surface area contributed by atoms with Crippen molar-refractivity contribution in [3.63, 3.8) is 0 Å². The number of methoxy groups -OCH3 is 1. The summed E-state index contributed by atoms with van der Waals surface area (Å²) in [6.45, 7) is 0. The molecule has 0 aliphatic carbocycles. The fourth-order valence-electron chi connectivity index (χ4n) is 1.83. The minimum absolute atomic E-state index is 0.118. The molecule has 0 fully saturated rings. The van der Waals surface area contributed by atoms with Crippen LogP contribution in [-0.4, -0.2) is 19.1 Å². The summed E-state index contributed by atoms with van der Waals surface area (Å²) in [6, 6.07) is 8.19. The third-order valence-electron chi connectivity index (χ3n) is 2.68. The molecule has 0 bridgehead atoms. The molecule has 84 valence electrons. The first-order valence-corrected chi connectivity index (χ1v) is 5.38. The van der Waals surface area contributed by atoms with E-state index in [0.717, 1.165) is 17.7 Å². The molecule has 1 aromatic rings. The van der Waals surface area contributed by atoms with Crippen molar-refractivity contribution in [2.75, 3.05) is 12.4 Å². The van der Waals surface area contributed by atoms with Gasteiger partial charge < -0.3 is 10.1 Å². The zero-order valence-corrected chi connectivity index (χ0v) is 9.27. The number of carbonyl (C=O) groups is 1. The number of ether oxygens (including phenoxy) is 1. The van der Waals surface area contributed by atoms with Gasteiger partial charge in [0.05, 0.1) is 13.5 Å². The molecule has 1 N–H and O–H groups in total. The predicted molar refractivity (Wildman–Crippen MR) is 64.1 cm³/mol. The van der Waals surface area contributed by atoms with Crippen LogP contribution in [0, 0.1) is 0 Å². The van der Waals surface area contributed by atoms with Gasteiger partial charge in [0.25, 0.3) is 0 Å². The van der Waals surface area contributed by atoms with Crippen molar-refractivity contribution in [2.24, 2.45) is 0 Å². The summed E-state index contributed by atoms with van der Waals surface area (Å²) in [5.74, 6) is -0.176. The molecule has 1 aliphatic heterocycles. The number of carbonyl (C=O) groups excluding carboxylic acids is 1. The highest BCUT2D eigenvalue weighted by atomic mass is 16.5. The maximum atomic E-state index is 11.2. The molecule has 0 aromatic heterocycles. The molecule has 0 saturated heterocycles. The number of fused-ring (bicyclic) bond motifs is 1. The maximum Gasteiger partial charge on any atom is 0.307 e. The van der Waals surface area contributed by atoms with Crippen LogP contribution in [0.3, 0.4) is 0 Å². The highest BCUT2D eigenvalue weighted by Gasteiger charge is 2.15. The van der Waals surface area contributed by atoms with Gasteiger partial charge in [0, 0.05) is 11.7 Å². The second kappa shape index (κ2) is 4.84. The van der Waals surface area contributed by atoms with Crippen LogP contribution in [-0.2, 0) is 9.53 Å². The predicted octanol–water partition coefficient (Wildman–Crippen LogP) is 2.45. The second-order valence-corrected chi connectivity index (χ2v) is 3.85. The van der Waals surface area contributed by atoms with Gasteiger partial charge in [0.15, 0.2) is 0 Å². The van der Waals surface area contributed by atoms with Crippen LogP contribution >= 0.6 is 0 Å². The summed E-state index contributed by atoms with van der Waals surface area (Å²) < 4.78 is 4.68. The number of benzene rings is 1. The fraction of sp³-hybridized carbons (Fsp3) is 0.308. The van der Waals surface area contributed by atoms with Crippen molar-refractivity contribution in [2.45, 2.75) is 18.9 Å². The standard InChI is InChI=1S/C13H15NO2/c1-16-13(15)9-11-7-4-6-10-5-2-3-8-12(10)14-11/h2-6,8,11,14H,7,9H2,1H3. The van der Waals surface area contributed by atoms with Crippen molar-refractivity contribution >= 4 is 17.7 Å². The number of hydrogen-bond acceptors (Lipinski definition) is 3. The Morgan fingerprint density at radius 1 is 1.50 bits per heavy atom. The van der Waals surface area contributed by atoms with Gasteiger partial charge in [0.2, 0.25) is 0 Å². The Bertz CT molecular complexity index is 412. The number of hydrogen-bond donors (Lipinski definition) is 1. The third-order valence-corrected chi connectivity index (χ3v) is 2.68. The first-order valence-electron chi connectivity index (χ1n) is 5.38. The second-order valence-electron chi connectivity index (χ2n) is 3.85. The summed E-state index contributed by atoms with van der Waals surface area (Å²) in [5, 5.41) is 3.36. The lowest BCUT2D eigenvalue weighted by molar-refractivity contribution is -0.140. The minimum atomic E-state index is -0.176. The Hall–Kier alpha value is -1.77. The fourth-order valence-corrected chi connectivity index (χ4v) is 1.83. The zero-order valence-electron chi connectivity index (χ0n) is 9.27. The van der Waals surface area contributed by atoms with E-state index in [1.54, 1.807) is 0 Å². The lowest BCUT2D eigenvalue weighted by atomic mass is 10.1. The number of para-hydroxylation sites is 1. The van der Waals surface area contributed by atoms with Crippen molar-refractivity contribution in [3.8, 4) is 0 Å². The molecule has 1 atom stereocenters. The number of nitrogens with one attached hydrogen (secondary N) is 1. The van der Waals surface area contributed by atoms with Crippen LogP contribution in [0.5, 0.6) is 0 Å². The van der Waals surface area contributed by atoms with Crippen LogP contribution in [0.1, 0.15) is 18.4 Å². The van der Waals surface area contributed by atoms with E-state index in [-0.39, 0.29) is 12.0 Å². The molecule has 0 radical (unpaired) electrons. The summed E-state index contributed by atoms with van der Waals surface area (Å²) in [4.78, 5) is 11.2. The third kappa shape index (κ3) is 2.42. The smallest absolute Gasteiger partial charge is 0.307 e. The summed E-state index contributed by atoms with van der Waals surface area (Å²) in [5.41, 5.74) is 2.24. The molecule has 1 unspecified atom stereocenters. The average molecular weight is 217 g/mol. The van der Waals surface area contributed by atoms with Crippen LogP contribution in [0.25, 0.3) is 6.08 Å². The molecule has 0 spiro atoms. The molecule has 0 amide bonds. The van der Waals surface area contributed by atoms with Crippen molar-refractivity contribution < 1.29 is 9.53 Å². The van der Waals surface area contributed by atoms with Crippen molar-refractivity contribution in [3.05, 3.63) is 35.9 Å². The normalized spacial score (nSPS) is 18.2. The van der Waals surface area contributed by atoms with Crippen molar-refractivity contribution in [1.82, 2.24) is 0 Å². The summed E-state index contributed by atoms with van der Waals surface area (Å²) in [7, 11) is 1.42. The Morgan fingerprint density at radius 3 is 3.12 bits per heavy atom. The summed E-state index contributed by atoms with van der Waals surface area (Å²) >= 11 is 0. The average Bonchev–Trinajstić information content (AvgIpc) is 2.50. The van der Waals surface area contributed by atoms with Crippen LogP contribution < -0.4 is 5.32 Å². The van der Waals surface area contributed by atoms with E-state index in [4.69, 9.17) is 0 Å². The van der Waals surface area contributed by atoms with Crippen LogP contribution in [0.15, 0.2) is 30.3 Å². The van der Waals surface area contributed by atoms with Gasteiger partial charge in [-0.1, -0.05) is 30.4 Å². The van der Waals surface area contributed by atoms with Gasteiger partial charge >= 0.3 is 5.97 Å². The van der Waals surface area contributed by atoms with E-state index < -0.39 is 0 Å². The van der Waals surface area contributed by atoms with Gasteiger partial charge in [-0.25, -0.2) is 0 Å². The molecular formula is C13H15NO2. The Balaban J connectivity index is 2.12. The first kappa shape index (κ1) is 10.7. The van der Waals surface area contributed by atoms with Gasteiger partial charge in [0.1, 0.15) is 0 Å². The monoisotopic (exact) mass is 217 g/mol. The Kier molecular flexibility index (Phi) is 3.25. The minimum Gasteiger partial charge on any atom is -0.469 e. The molecular weight excluding hydrogens is 202 g/mol. The highest BCUT2D eigenvalue weighted by molar-refractivity contribution is 5.73. The topological polar surface area (TPSA) is 38.3 Å². The quantitative estimate of drug-likeness (QED) is 0.773. The van der Waals surface area contributed by atoms with Crippen LogP contribution in [0.4, 0.5) is 5.69 Å². The molecule has 2 rings (SSSR count). The Morgan fingerprint density at radius 2 is 2.31 bits per heavy atom. The lowest BCUT2D eigenvalue weighted by Gasteiger charge is -2.16. The van der Waals surface area contributed by atoms with Gasteiger partial charge in [-0.15, -0.1) is 0 Å². The van der Waals surface area contributed by atoms with Gasteiger partial charge in [-0.2, -0.15) is 0 Å². The Labute approximate surface area is 95.1 Å². The van der Waals surface area contributed by atoms with Crippen molar-refractivity contribution in [1.29, 1.82) is 0 Å². The zero-order chi connectivity index (χ0) is 11.4. The van der Waals surface area contributed by atoms with Gasteiger partial charge in [-0.05, 0) is 18.1 Å². The first-order chi connectivity index (χ1) is 7.79. The molecule has 1 aromatic carbocycles. The highest BCUT2D eigenvalue weighted by Crippen LogP contribution is 2.23. The molecule has 3 nitrogen and oxygen atoms in total. The molecule has 0 saturated carbocycles. The van der Waals surface area contributed by atoms with E-state index >= 15 is 0 Å². The largest absolute Gasteiger partial charge is 0.469 e.